The van der Waals surface area contributed by atoms with E-state index in [9.17, 15) is 0 Å². The van der Waals surface area contributed by atoms with Gasteiger partial charge in [-0.15, -0.1) is 0 Å². The Balaban J connectivity index is 1.86. The predicted molar refractivity (Wildman–Crippen MR) is 63.7 cm³/mol. The summed E-state index contributed by atoms with van der Waals surface area (Å²) in [6, 6.07) is 6.66. The zero-order chi connectivity index (χ0) is 11.0. The Bertz CT molecular complexity index is 500. The number of H-pyrrole nitrogens is 1. The molecule has 1 atom stereocenters. The van der Waals surface area contributed by atoms with Crippen LogP contribution in [0.3, 0.4) is 0 Å². The van der Waals surface area contributed by atoms with Gasteiger partial charge < -0.3 is 15.0 Å². The Labute approximate surface area is 94.0 Å². The lowest BCUT2D eigenvalue weighted by Gasteiger charge is -2.11. The normalized spacial score (nSPS) is 20.4. The molecule has 1 aromatic heterocycles. The molecule has 0 radical (unpaired) electrons. The highest BCUT2D eigenvalue weighted by molar-refractivity contribution is 5.79. The summed E-state index contributed by atoms with van der Waals surface area (Å²) in [7, 11) is 0. The third kappa shape index (κ3) is 1.76. The number of ether oxygens (including phenoxy) is 1. The van der Waals surface area contributed by atoms with Crippen LogP contribution in [0.25, 0.3) is 11.0 Å². The van der Waals surface area contributed by atoms with E-state index in [2.05, 4.69) is 27.4 Å². The van der Waals surface area contributed by atoms with Gasteiger partial charge in [0, 0.05) is 12.3 Å². The standard InChI is InChI=1S/C12H15N3O/c1-8-13-11-3-2-9(6-12(11)14-8)15-10-4-5-16-7-10/h2-3,6,10,15H,4-5,7H2,1H3,(H,13,14). The quantitative estimate of drug-likeness (QED) is 0.809. The monoisotopic (exact) mass is 217 g/mol. The van der Waals surface area contributed by atoms with Gasteiger partial charge in [-0.05, 0) is 31.5 Å². The van der Waals surface area contributed by atoms with Crippen molar-refractivity contribution in [1.29, 1.82) is 0 Å². The summed E-state index contributed by atoms with van der Waals surface area (Å²) >= 11 is 0. The lowest BCUT2D eigenvalue weighted by Crippen LogP contribution is -2.18. The van der Waals surface area contributed by atoms with Gasteiger partial charge in [0.05, 0.1) is 23.7 Å². The molecule has 84 valence electrons. The number of hydrogen-bond acceptors (Lipinski definition) is 3. The smallest absolute Gasteiger partial charge is 0.104 e. The SMILES string of the molecule is Cc1nc2ccc(NC3CCOC3)cc2[nH]1. The van der Waals surface area contributed by atoms with Crippen LogP contribution in [-0.4, -0.2) is 29.2 Å². The molecule has 2 aromatic rings. The van der Waals surface area contributed by atoms with Crippen LogP contribution in [0.5, 0.6) is 0 Å². The van der Waals surface area contributed by atoms with Gasteiger partial charge in [-0.25, -0.2) is 4.98 Å². The molecule has 0 amide bonds. The van der Waals surface area contributed by atoms with Crippen LogP contribution in [0.2, 0.25) is 0 Å². The number of benzene rings is 1. The molecule has 16 heavy (non-hydrogen) atoms. The second-order valence-electron chi connectivity index (χ2n) is 4.26. The summed E-state index contributed by atoms with van der Waals surface area (Å²) in [5.74, 6) is 0.955. The maximum atomic E-state index is 5.34. The van der Waals surface area contributed by atoms with Crippen LogP contribution in [0.15, 0.2) is 18.2 Å². The molecule has 1 saturated heterocycles. The minimum absolute atomic E-state index is 0.446. The Hall–Kier alpha value is -1.55. The summed E-state index contributed by atoms with van der Waals surface area (Å²) in [6.45, 7) is 3.64. The number of aryl methyl sites for hydroxylation is 1. The van der Waals surface area contributed by atoms with Crippen LogP contribution in [0.1, 0.15) is 12.2 Å². The van der Waals surface area contributed by atoms with Gasteiger partial charge in [0.15, 0.2) is 0 Å². The van der Waals surface area contributed by atoms with Crippen LogP contribution >= 0.6 is 0 Å². The maximum Gasteiger partial charge on any atom is 0.104 e. The molecule has 2 heterocycles. The second kappa shape index (κ2) is 3.79. The largest absolute Gasteiger partial charge is 0.380 e. The van der Waals surface area contributed by atoms with Crippen LogP contribution in [-0.2, 0) is 4.74 Å². The van der Waals surface area contributed by atoms with E-state index in [1.54, 1.807) is 0 Å². The Morgan fingerprint density at radius 2 is 2.44 bits per heavy atom. The van der Waals surface area contributed by atoms with Crippen LogP contribution in [0.4, 0.5) is 5.69 Å². The number of hydrogen-bond donors (Lipinski definition) is 2. The summed E-state index contributed by atoms with van der Waals surface area (Å²) in [5, 5.41) is 3.47. The summed E-state index contributed by atoms with van der Waals surface area (Å²) in [6.07, 6.45) is 1.08. The van der Waals surface area contributed by atoms with Crippen molar-refractivity contribution in [2.75, 3.05) is 18.5 Å². The van der Waals surface area contributed by atoms with Gasteiger partial charge in [-0.1, -0.05) is 0 Å². The number of aromatic amines is 1. The highest BCUT2D eigenvalue weighted by Gasteiger charge is 2.15. The van der Waals surface area contributed by atoms with E-state index in [0.717, 1.165) is 42.2 Å². The summed E-state index contributed by atoms with van der Waals surface area (Å²) in [5.41, 5.74) is 3.23. The van der Waals surface area contributed by atoms with E-state index in [4.69, 9.17) is 4.74 Å². The molecule has 4 nitrogen and oxygen atoms in total. The molecule has 0 saturated carbocycles. The zero-order valence-corrected chi connectivity index (χ0v) is 9.29. The first-order chi connectivity index (χ1) is 7.81. The summed E-state index contributed by atoms with van der Waals surface area (Å²) < 4.78 is 5.34. The van der Waals surface area contributed by atoms with Crippen LogP contribution in [0, 0.1) is 6.92 Å². The number of nitrogens with one attached hydrogen (secondary N) is 2. The van der Waals surface area contributed by atoms with Crippen molar-refractivity contribution in [3.63, 3.8) is 0 Å². The first-order valence-corrected chi connectivity index (χ1v) is 5.62. The third-order valence-electron chi connectivity index (χ3n) is 2.90. The van der Waals surface area contributed by atoms with Crippen molar-refractivity contribution in [2.45, 2.75) is 19.4 Å². The van der Waals surface area contributed by atoms with Crippen molar-refractivity contribution in [3.8, 4) is 0 Å². The second-order valence-corrected chi connectivity index (χ2v) is 4.26. The highest BCUT2D eigenvalue weighted by Crippen LogP contribution is 2.19. The van der Waals surface area contributed by atoms with Crippen molar-refractivity contribution < 1.29 is 4.74 Å². The number of rotatable bonds is 2. The first-order valence-electron chi connectivity index (χ1n) is 5.62. The number of nitrogens with zero attached hydrogens (tertiary/aromatic N) is 1. The molecular formula is C12H15N3O. The Kier molecular flexibility index (Phi) is 2.29. The first kappa shape index (κ1) is 9.66. The number of fused-ring (bicyclic) bond motifs is 1. The van der Waals surface area contributed by atoms with Crippen LogP contribution < -0.4 is 5.32 Å². The van der Waals surface area contributed by atoms with E-state index in [-0.39, 0.29) is 0 Å². The fraction of sp³-hybridized carbons (Fsp3) is 0.417. The van der Waals surface area contributed by atoms with E-state index < -0.39 is 0 Å². The molecule has 0 bridgehead atoms. The molecule has 1 aromatic carbocycles. The van der Waals surface area contributed by atoms with Crippen molar-refractivity contribution in [2.24, 2.45) is 0 Å². The minimum Gasteiger partial charge on any atom is -0.380 e. The molecule has 0 aliphatic carbocycles. The molecule has 1 unspecified atom stereocenters. The lowest BCUT2D eigenvalue weighted by molar-refractivity contribution is 0.195. The molecule has 2 N–H and O–H groups in total. The number of aromatic nitrogens is 2. The van der Waals surface area contributed by atoms with E-state index in [1.165, 1.54) is 0 Å². The molecule has 3 rings (SSSR count). The predicted octanol–water partition coefficient (Wildman–Crippen LogP) is 2.07. The van der Waals surface area contributed by atoms with Gasteiger partial charge in [0.25, 0.3) is 0 Å². The summed E-state index contributed by atoms with van der Waals surface area (Å²) in [4.78, 5) is 7.62. The molecule has 4 heteroatoms. The van der Waals surface area contributed by atoms with Crippen molar-refractivity contribution >= 4 is 16.7 Å². The molecular weight excluding hydrogens is 202 g/mol. The maximum absolute atomic E-state index is 5.34. The fourth-order valence-corrected chi connectivity index (χ4v) is 2.11. The average molecular weight is 217 g/mol. The van der Waals surface area contributed by atoms with Gasteiger partial charge >= 0.3 is 0 Å². The van der Waals surface area contributed by atoms with Gasteiger partial charge in [-0.2, -0.15) is 0 Å². The number of anilines is 1. The third-order valence-corrected chi connectivity index (χ3v) is 2.90. The molecule has 1 aliphatic rings. The van der Waals surface area contributed by atoms with E-state index in [0.29, 0.717) is 6.04 Å². The topological polar surface area (TPSA) is 49.9 Å². The van der Waals surface area contributed by atoms with Gasteiger partial charge in [-0.3, -0.25) is 0 Å². The van der Waals surface area contributed by atoms with E-state index in [1.807, 2.05) is 13.0 Å². The highest BCUT2D eigenvalue weighted by atomic mass is 16.5. The molecule has 1 aliphatic heterocycles. The Morgan fingerprint density at radius 3 is 3.25 bits per heavy atom. The van der Waals surface area contributed by atoms with Gasteiger partial charge in [0.1, 0.15) is 5.82 Å². The lowest BCUT2D eigenvalue weighted by atomic mass is 10.2. The molecule has 0 spiro atoms. The molecule has 1 fully saturated rings. The average Bonchev–Trinajstić information content (AvgIpc) is 2.85. The zero-order valence-electron chi connectivity index (χ0n) is 9.29. The Morgan fingerprint density at radius 1 is 1.50 bits per heavy atom. The minimum atomic E-state index is 0.446. The van der Waals surface area contributed by atoms with Gasteiger partial charge in [0.2, 0.25) is 0 Å². The van der Waals surface area contributed by atoms with Crippen molar-refractivity contribution in [3.05, 3.63) is 24.0 Å². The van der Waals surface area contributed by atoms with E-state index >= 15 is 0 Å². The fourth-order valence-electron chi connectivity index (χ4n) is 2.11. The number of imidazole rings is 1. The van der Waals surface area contributed by atoms with Crippen molar-refractivity contribution in [1.82, 2.24) is 9.97 Å².